The lowest BCUT2D eigenvalue weighted by Gasteiger charge is -2.62. The van der Waals surface area contributed by atoms with E-state index in [0.29, 0.717) is 30.9 Å². The van der Waals surface area contributed by atoms with E-state index in [2.05, 4.69) is 10.2 Å². The highest BCUT2D eigenvalue weighted by atomic mass is 16.6. The van der Waals surface area contributed by atoms with Gasteiger partial charge in [-0.3, -0.25) is 19.3 Å². The molecule has 5 atom stereocenters. The first-order valence-corrected chi connectivity index (χ1v) is 14.2. The molecule has 5 N–H and O–H groups in total. The van der Waals surface area contributed by atoms with Crippen molar-refractivity contribution in [1.82, 2.24) is 10.2 Å². The van der Waals surface area contributed by atoms with Crippen LogP contribution in [-0.4, -0.2) is 81.2 Å². The number of amides is 1. The molecular formula is C29H37N3O8. The molecule has 1 spiro atoms. The predicted octanol–water partition coefficient (Wildman–Crippen LogP) is 0.812. The van der Waals surface area contributed by atoms with Crippen LogP contribution in [0.5, 0.6) is 11.5 Å². The molecule has 2 saturated carbocycles. The number of ketones is 1. The Balaban J connectivity index is 1.27. The monoisotopic (exact) mass is 555 g/mol. The summed E-state index contributed by atoms with van der Waals surface area (Å²) in [7, 11) is 0. The van der Waals surface area contributed by atoms with Gasteiger partial charge in [0.25, 0.3) is 0 Å². The van der Waals surface area contributed by atoms with Gasteiger partial charge in [-0.1, -0.05) is 6.07 Å². The molecule has 2 bridgehead atoms. The Morgan fingerprint density at radius 1 is 1.27 bits per heavy atom. The summed E-state index contributed by atoms with van der Waals surface area (Å²) < 4.78 is 12.1. The topological polar surface area (TPSA) is 168 Å². The highest BCUT2D eigenvalue weighted by molar-refractivity contribution is 5.91. The van der Waals surface area contributed by atoms with Crippen molar-refractivity contribution in [2.24, 2.45) is 11.7 Å². The predicted molar refractivity (Wildman–Crippen MR) is 141 cm³/mol. The van der Waals surface area contributed by atoms with Crippen molar-refractivity contribution in [1.29, 1.82) is 0 Å². The maximum absolute atomic E-state index is 13.3. The van der Waals surface area contributed by atoms with Gasteiger partial charge in [0.1, 0.15) is 11.6 Å². The first-order valence-electron chi connectivity index (χ1n) is 14.2. The van der Waals surface area contributed by atoms with Gasteiger partial charge in [-0.2, -0.15) is 0 Å². The minimum absolute atomic E-state index is 0.0486. The van der Waals surface area contributed by atoms with Crippen LogP contribution in [0.1, 0.15) is 69.9 Å². The summed E-state index contributed by atoms with van der Waals surface area (Å²) in [6.07, 6.45) is 3.20. The molecule has 2 aliphatic heterocycles. The van der Waals surface area contributed by atoms with Crippen LogP contribution < -0.4 is 20.5 Å². The fourth-order valence-electron chi connectivity index (χ4n) is 7.43. The van der Waals surface area contributed by atoms with Gasteiger partial charge in [0.2, 0.25) is 5.91 Å². The Hall–Kier alpha value is -3.02. The van der Waals surface area contributed by atoms with E-state index in [4.69, 9.17) is 20.3 Å². The lowest BCUT2D eigenvalue weighted by molar-refractivity contribution is -0.188. The number of aliphatic hydroxyl groups is 1. The van der Waals surface area contributed by atoms with Crippen molar-refractivity contribution in [2.75, 3.05) is 13.1 Å². The molecule has 11 nitrogen and oxygen atoms in total. The van der Waals surface area contributed by atoms with Crippen LogP contribution in [0.25, 0.3) is 0 Å². The molecule has 11 heteroatoms. The molecule has 0 radical (unpaired) electrons. The van der Waals surface area contributed by atoms with Crippen molar-refractivity contribution in [3.8, 4) is 11.5 Å². The summed E-state index contributed by atoms with van der Waals surface area (Å²) in [5, 5.41) is 23.9. The smallest absolute Gasteiger partial charge is 0.336 e. The number of esters is 1. The number of Topliss-reactive ketones (excluding diaryl/α,β-unsaturated/α-hetero) is 1. The first kappa shape index (κ1) is 27.2. The molecule has 2 heterocycles. The van der Waals surface area contributed by atoms with Gasteiger partial charge in [-0.05, 0) is 76.5 Å². The first-order chi connectivity index (χ1) is 18.9. The lowest BCUT2D eigenvalue weighted by atomic mass is 9.49. The number of nitrogens with zero attached hydrogens (tertiary/aromatic N) is 1. The van der Waals surface area contributed by atoms with E-state index in [1.807, 2.05) is 6.07 Å². The van der Waals surface area contributed by atoms with Crippen LogP contribution in [0, 0.1) is 5.92 Å². The van der Waals surface area contributed by atoms with E-state index >= 15 is 0 Å². The number of carboxylic acids is 1. The molecule has 216 valence electrons. The minimum atomic E-state index is -1.44. The zero-order chi connectivity index (χ0) is 28.6. The van der Waals surface area contributed by atoms with Gasteiger partial charge in [-0.25, -0.2) is 4.79 Å². The van der Waals surface area contributed by atoms with Crippen molar-refractivity contribution >= 4 is 23.6 Å². The largest absolute Gasteiger partial charge is 0.480 e. The molecule has 6 rings (SSSR count). The third kappa shape index (κ3) is 4.04. The van der Waals surface area contributed by atoms with Crippen LogP contribution in [0.15, 0.2) is 12.1 Å². The molecule has 1 aromatic carbocycles. The number of rotatable bonds is 9. The van der Waals surface area contributed by atoms with Gasteiger partial charge in [-0.15, -0.1) is 0 Å². The maximum atomic E-state index is 13.3. The molecule has 5 aliphatic rings. The molecule has 0 aromatic heterocycles. The second-order valence-corrected chi connectivity index (χ2v) is 12.7. The Labute approximate surface area is 232 Å². The fraction of sp³-hybridized carbons (Fsp3) is 0.655. The normalized spacial score (nSPS) is 31.1. The number of nitrogens with one attached hydrogen (secondary N) is 1. The lowest BCUT2D eigenvalue weighted by Crippen LogP contribution is -2.76. The van der Waals surface area contributed by atoms with Crippen LogP contribution in [0.2, 0.25) is 0 Å². The maximum Gasteiger partial charge on any atom is 0.336 e. The average molecular weight is 556 g/mol. The van der Waals surface area contributed by atoms with Crippen LogP contribution >= 0.6 is 0 Å². The van der Waals surface area contributed by atoms with E-state index in [0.717, 1.165) is 24.2 Å². The highest BCUT2D eigenvalue weighted by Gasteiger charge is 2.73. The SMILES string of the molecule is CC(C)(NC(=O)CCC(N)C(=O)O)C(=O)Oc1ccc2c3c1O[C@H]1C(=O)CC[C@@]4(O)[C@@H](C2)N(CC2CC2)CC[C@]314. The average Bonchev–Trinajstić information content (AvgIpc) is 3.63. The number of hydrogen-bond acceptors (Lipinski definition) is 9. The number of piperidine rings is 1. The zero-order valence-electron chi connectivity index (χ0n) is 22.9. The van der Waals surface area contributed by atoms with Crippen LogP contribution in [0.3, 0.4) is 0 Å². The number of likely N-dealkylation sites (tertiary alicyclic amines) is 1. The Morgan fingerprint density at radius 3 is 2.73 bits per heavy atom. The number of benzene rings is 1. The van der Waals surface area contributed by atoms with Gasteiger partial charge in [0, 0.05) is 31.0 Å². The Kier molecular flexibility index (Phi) is 6.28. The van der Waals surface area contributed by atoms with Crippen molar-refractivity contribution < 1.29 is 38.9 Å². The molecule has 1 saturated heterocycles. The van der Waals surface area contributed by atoms with Gasteiger partial charge >= 0.3 is 11.9 Å². The van der Waals surface area contributed by atoms with E-state index in [1.54, 1.807) is 6.07 Å². The standard InChI is InChI=1S/C29H37N3O8/c1-27(2,31-21(34)8-6-17(30)25(35)36)26(37)39-19-7-5-16-13-20-29(38)10-9-18(33)24-28(29,22(16)23(19)40-24)11-12-32(20)14-15-3-4-15/h5,7,15,17,20,24,38H,3-4,6,8-14,30H2,1-2H3,(H,31,34)(H,35,36)/t17?,20-,24+,28+,29-/m1/s1. The van der Waals surface area contributed by atoms with Crippen LogP contribution in [0.4, 0.5) is 0 Å². The zero-order valence-corrected chi connectivity index (χ0v) is 22.9. The fourth-order valence-corrected chi connectivity index (χ4v) is 7.43. The van der Waals surface area contributed by atoms with E-state index < -0.39 is 46.5 Å². The van der Waals surface area contributed by atoms with Crippen molar-refractivity contribution in [3.05, 3.63) is 23.3 Å². The number of aliphatic carboxylic acids is 1. The number of ether oxygens (including phenoxy) is 2. The summed E-state index contributed by atoms with van der Waals surface area (Å²) in [5.74, 6) is -1.38. The molecular weight excluding hydrogens is 518 g/mol. The van der Waals surface area contributed by atoms with Crippen LogP contribution in [-0.2, 0) is 31.0 Å². The van der Waals surface area contributed by atoms with E-state index in [1.165, 1.54) is 26.7 Å². The van der Waals surface area contributed by atoms with E-state index in [9.17, 15) is 24.3 Å². The van der Waals surface area contributed by atoms with Crippen molar-refractivity contribution in [3.63, 3.8) is 0 Å². The molecule has 1 amide bonds. The number of carbonyl (C=O) groups is 4. The summed E-state index contributed by atoms with van der Waals surface area (Å²) in [5.41, 5.74) is 3.82. The molecule has 3 fully saturated rings. The summed E-state index contributed by atoms with van der Waals surface area (Å²) in [6, 6.07) is 2.29. The van der Waals surface area contributed by atoms with Crippen molar-refractivity contribution in [2.45, 2.75) is 100.0 Å². The third-order valence-electron chi connectivity index (χ3n) is 9.71. The highest BCUT2D eigenvalue weighted by Crippen LogP contribution is 2.65. The molecule has 3 aliphatic carbocycles. The summed E-state index contributed by atoms with van der Waals surface area (Å²) >= 11 is 0. The Morgan fingerprint density at radius 2 is 2.02 bits per heavy atom. The molecule has 1 aromatic rings. The van der Waals surface area contributed by atoms with Gasteiger partial charge in [0.05, 0.1) is 11.0 Å². The summed E-state index contributed by atoms with van der Waals surface area (Å²) in [6.45, 7) is 4.71. The van der Waals surface area contributed by atoms with Gasteiger partial charge < -0.3 is 30.7 Å². The minimum Gasteiger partial charge on any atom is -0.480 e. The van der Waals surface area contributed by atoms with Gasteiger partial charge in [0.15, 0.2) is 23.4 Å². The number of hydrogen-bond donors (Lipinski definition) is 4. The number of carboxylic acid groups (broad SMARTS) is 1. The third-order valence-corrected chi connectivity index (χ3v) is 9.71. The quantitative estimate of drug-likeness (QED) is 0.253. The van der Waals surface area contributed by atoms with E-state index in [-0.39, 0.29) is 36.8 Å². The second-order valence-electron chi connectivity index (χ2n) is 12.7. The number of carbonyl (C=O) groups excluding carboxylic acids is 3. The molecule has 1 unspecified atom stereocenters. The Bertz CT molecular complexity index is 1290. The molecule has 40 heavy (non-hydrogen) atoms. The second kappa shape index (κ2) is 9.25. The number of nitrogens with two attached hydrogens (primary N) is 1. The summed E-state index contributed by atoms with van der Waals surface area (Å²) in [4.78, 5) is 52.3.